The molecule has 3 heteroatoms. The fourth-order valence-corrected chi connectivity index (χ4v) is 1.15. The molecule has 58 valence electrons. The van der Waals surface area contributed by atoms with Gasteiger partial charge in [0.05, 0.1) is 11.5 Å². The molecule has 0 amide bonds. The summed E-state index contributed by atoms with van der Waals surface area (Å²) in [6.07, 6.45) is 1.37. The van der Waals surface area contributed by atoms with Crippen LogP contribution in [0.2, 0.25) is 0 Å². The molecule has 1 aliphatic rings. The summed E-state index contributed by atoms with van der Waals surface area (Å²) in [5.41, 5.74) is -0.547. The quantitative estimate of drug-likeness (QED) is 0.639. The van der Waals surface area contributed by atoms with Crippen molar-refractivity contribution >= 4 is 5.97 Å². The standard InChI is InChI=1S/C7H12O3/c1-5(10-2)7(3-4-7)6(8)9/h5H,3-4H2,1-2H3,(H,8,9). The molecule has 3 nitrogen and oxygen atoms in total. The van der Waals surface area contributed by atoms with Crippen molar-refractivity contribution in [3.8, 4) is 0 Å². The van der Waals surface area contributed by atoms with E-state index in [4.69, 9.17) is 9.84 Å². The molecular weight excluding hydrogens is 132 g/mol. The monoisotopic (exact) mass is 144 g/mol. The summed E-state index contributed by atoms with van der Waals surface area (Å²) in [6.45, 7) is 1.81. The number of rotatable bonds is 3. The van der Waals surface area contributed by atoms with E-state index in [0.29, 0.717) is 0 Å². The Labute approximate surface area is 60.0 Å². The number of methoxy groups -OCH3 is 1. The summed E-state index contributed by atoms with van der Waals surface area (Å²) in [5.74, 6) is -0.721. The fourth-order valence-electron chi connectivity index (χ4n) is 1.15. The largest absolute Gasteiger partial charge is 0.481 e. The summed E-state index contributed by atoms with van der Waals surface area (Å²) in [6, 6.07) is 0. The molecule has 0 bridgehead atoms. The maximum absolute atomic E-state index is 10.6. The van der Waals surface area contributed by atoms with Crippen LogP contribution in [-0.4, -0.2) is 24.3 Å². The molecule has 0 heterocycles. The van der Waals surface area contributed by atoms with Crippen LogP contribution in [0, 0.1) is 5.41 Å². The topological polar surface area (TPSA) is 46.5 Å². The molecule has 1 atom stereocenters. The highest BCUT2D eigenvalue weighted by Crippen LogP contribution is 2.49. The van der Waals surface area contributed by atoms with Crippen LogP contribution in [0.5, 0.6) is 0 Å². The zero-order valence-electron chi connectivity index (χ0n) is 6.26. The molecule has 0 radical (unpaired) electrons. The maximum Gasteiger partial charge on any atom is 0.312 e. The van der Waals surface area contributed by atoms with Crippen LogP contribution in [0.3, 0.4) is 0 Å². The highest BCUT2D eigenvalue weighted by atomic mass is 16.5. The second-order valence-electron chi connectivity index (χ2n) is 2.84. The van der Waals surface area contributed by atoms with Crippen molar-refractivity contribution in [2.24, 2.45) is 5.41 Å². The van der Waals surface area contributed by atoms with Gasteiger partial charge in [0.15, 0.2) is 0 Å². The number of carbonyl (C=O) groups is 1. The lowest BCUT2D eigenvalue weighted by atomic mass is 10.0. The van der Waals surface area contributed by atoms with E-state index in [-0.39, 0.29) is 6.10 Å². The molecule has 0 saturated heterocycles. The van der Waals surface area contributed by atoms with E-state index in [2.05, 4.69) is 0 Å². The minimum absolute atomic E-state index is 0.148. The van der Waals surface area contributed by atoms with Gasteiger partial charge in [0.2, 0.25) is 0 Å². The van der Waals surface area contributed by atoms with Crippen molar-refractivity contribution < 1.29 is 14.6 Å². The van der Waals surface area contributed by atoms with E-state index in [1.807, 2.05) is 0 Å². The molecule has 0 aromatic carbocycles. The predicted molar refractivity (Wildman–Crippen MR) is 35.8 cm³/mol. The lowest BCUT2D eigenvalue weighted by Crippen LogP contribution is -2.28. The molecule has 1 aliphatic carbocycles. The van der Waals surface area contributed by atoms with Crippen LogP contribution in [0.1, 0.15) is 19.8 Å². The Morgan fingerprint density at radius 2 is 2.20 bits per heavy atom. The summed E-state index contributed by atoms with van der Waals surface area (Å²) >= 11 is 0. The van der Waals surface area contributed by atoms with Gasteiger partial charge in [-0.15, -0.1) is 0 Å². The van der Waals surface area contributed by atoms with Crippen LogP contribution >= 0.6 is 0 Å². The van der Waals surface area contributed by atoms with Crippen LogP contribution in [0.15, 0.2) is 0 Å². The summed E-state index contributed by atoms with van der Waals surface area (Å²) < 4.78 is 4.96. The van der Waals surface area contributed by atoms with Gasteiger partial charge < -0.3 is 9.84 Å². The zero-order valence-corrected chi connectivity index (χ0v) is 6.26. The first-order valence-corrected chi connectivity index (χ1v) is 3.39. The minimum atomic E-state index is -0.721. The van der Waals surface area contributed by atoms with Crippen molar-refractivity contribution in [2.45, 2.75) is 25.9 Å². The van der Waals surface area contributed by atoms with Gasteiger partial charge in [-0.3, -0.25) is 4.79 Å². The predicted octanol–water partition coefficient (Wildman–Crippen LogP) is 0.886. The van der Waals surface area contributed by atoms with Crippen molar-refractivity contribution in [3.05, 3.63) is 0 Å². The van der Waals surface area contributed by atoms with Crippen LogP contribution in [0.25, 0.3) is 0 Å². The molecule has 0 spiro atoms. The third-order valence-electron chi connectivity index (χ3n) is 2.35. The second kappa shape index (κ2) is 2.23. The van der Waals surface area contributed by atoms with Crippen LogP contribution in [-0.2, 0) is 9.53 Å². The summed E-state index contributed by atoms with van der Waals surface area (Å²) in [5, 5.41) is 8.73. The molecular formula is C7H12O3. The van der Waals surface area contributed by atoms with Gasteiger partial charge >= 0.3 is 5.97 Å². The summed E-state index contributed by atoms with van der Waals surface area (Å²) in [4.78, 5) is 10.6. The molecule has 1 N–H and O–H groups in total. The third kappa shape index (κ3) is 0.904. The number of carboxylic acid groups (broad SMARTS) is 1. The average Bonchev–Trinajstić information content (AvgIpc) is 2.65. The zero-order chi connectivity index (χ0) is 7.78. The number of hydrogen-bond acceptors (Lipinski definition) is 2. The Kier molecular flexibility index (Phi) is 1.68. The normalized spacial score (nSPS) is 23.8. The number of ether oxygens (including phenoxy) is 1. The average molecular weight is 144 g/mol. The van der Waals surface area contributed by atoms with E-state index in [1.165, 1.54) is 0 Å². The van der Waals surface area contributed by atoms with Gasteiger partial charge in [-0.2, -0.15) is 0 Å². The lowest BCUT2D eigenvalue weighted by Gasteiger charge is -2.16. The highest BCUT2D eigenvalue weighted by molar-refractivity contribution is 5.78. The molecule has 0 aromatic rings. The van der Waals surface area contributed by atoms with Crippen LogP contribution in [0.4, 0.5) is 0 Å². The van der Waals surface area contributed by atoms with Gasteiger partial charge in [0.25, 0.3) is 0 Å². The first kappa shape index (κ1) is 7.54. The SMILES string of the molecule is COC(C)C1(C(=O)O)CC1. The number of aliphatic carboxylic acids is 1. The Morgan fingerprint density at radius 3 is 2.30 bits per heavy atom. The van der Waals surface area contributed by atoms with Gasteiger partial charge in [0, 0.05) is 7.11 Å². The molecule has 0 aliphatic heterocycles. The van der Waals surface area contributed by atoms with E-state index in [0.717, 1.165) is 12.8 Å². The van der Waals surface area contributed by atoms with Gasteiger partial charge in [-0.1, -0.05) is 0 Å². The smallest absolute Gasteiger partial charge is 0.312 e. The summed E-state index contributed by atoms with van der Waals surface area (Å²) in [7, 11) is 1.55. The molecule has 1 unspecified atom stereocenters. The lowest BCUT2D eigenvalue weighted by molar-refractivity contribution is -0.148. The van der Waals surface area contributed by atoms with E-state index >= 15 is 0 Å². The van der Waals surface area contributed by atoms with Gasteiger partial charge in [-0.25, -0.2) is 0 Å². The third-order valence-corrected chi connectivity index (χ3v) is 2.35. The Balaban J connectivity index is 2.60. The first-order chi connectivity index (χ1) is 4.63. The molecule has 1 fully saturated rings. The maximum atomic E-state index is 10.6. The number of hydrogen-bond donors (Lipinski definition) is 1. The Hall–Kier alpha value is -0.570. The van der Waals surface area contributed by atoms with Crippen molar-refractivity contribution in [1.29, 1.82) is 0 Å². The Bertz CT molecular complexity index is 149. The molecule has 1 rings (SSSR count). The first-order valence-electron chi connectivity index (χ1n) is 3.39. The highest BCUT2D eigenvalue weighted by Gasteiger charge is 2.54. The molecule has 0 aromatic heterocycles. The molecule has 1 saturated carbocycles. The van der Waals surface area contributed by atoms with Crippen LogP contribution < -0.4 is 0 Å². The number of carboxylic acids is 1. The van der Waals surface area contributed by atoms with E-state index in [1.54, 1.807) is 14.0 Å². The van der Waals surface area contributed by atoms with Crippen molar-refractivity contribution in [1.82, 2.24) is 0 Å². The van der Waals surface area contributed by atoms with Gasteiger partial charge in [-0.05, 0) is 19.8 Å². The van der Waals surface area contributed by atoms with Crippen molar-refractivity contribution in [2.75, 3.05) is 7.11 Å². The van der Waals surface area contributed by atoms with E-state index in [9.17, 15) is 4.79 Å². The second-order valence-corrected chi connectivity index (χ2v) is 2.84. The fraction of sp³-hybridized carbons (Fsp3) is 0.857. The van der Waals surface area contributed by atoms with Crippen molar-refractivity contribution in [3.63, 3.8) is 0 Å². The van der Waals surface area contributed by atoms with Gasteiger partial charge in [0.1, 0.15) is 0 Å². The molecule has 10 heavy (non-hydrogen) atoms. The van der Waals surface area contributed by atoms with E-state index < -0.39 is 11.4 Å². The Morgan fingerprint density at radius 1 is 1.70 bits per heavy atom. The minimum Gasteiger partial charge on any atom is -0.481 e.